The van der Waals surface area contributed by atoms with E-state index in [9.17, 15) is 23.5 Å². The molecule has 0 spiro atoms. The minimum absolute atomic E-state index is 0.157. The summed E-state index contributed by atoms with van der Waals surface area (Å²) in [6, 6.07) is 13.2. The van der Waals surface area contributed by atoms with E-state index in [1.807, 2.05) is 18.2 Å². The van der Waals surface area contributed by atoms with Gasteiger partial charge in [-0.1, -0.05) is 36.4 Å². The molecule has 2 heterocycles. The maximum atomic E-state index is 13.7. The molecule has 0 saturated carbocycles. The normalized spacial score (nSPS) is 11.2. The highest BCUT2D eigenvalue weighted by Crippen LogP contribution is 2.25. The average Bonchev–Trinajstić information content (AvgIpc) is 2.63. The number of carboxylic acids is 1. The highest BCUT2D eigenvalue weighted by Gasteiger charge is 2.19. The van der Waals surface area contributed by atoms with Crippen molar-refractivity contribution in [1.82, 2.24) is 9.55 Å². The number of benzene rings is 2. The van der Waals surface area contributed by atoms with Crippen LogP contribution in [0.25, 0.3) is 27.5 Å². The molecule has 0 radical (unpaired) electrons. The van der Waals surface area contributed by atoms with E-state index >= 15 is 0 Å². The Morgan fingerprint density at radius 3 is 2.54 bits per heavy atom. The van der Waals surface area contributed by atoms with Gasteiger partial charge in [-0.15, -0.1) is 0 Å². The summed E-state index contributed by atoms with van der Waals surface area (Å²) in [6.45, 7) is 0. The van der Waals surface area contributed by atoms with Gasteiger partial charge in [-0.05, 0) is 17.5 Å². The highest BCUT2D eigenvalue weighted by atomic mass is 19.2. The third-order valence-corrected chi connectivity index (χ3v) is 4.15. The Morgan fingerprint density at radius 1 is 1.04 bits per heavy atom. The summed E-state index contributed by atoms with van der Waals surface area (Å²) in [7, 11) is 0. The van der Waals surface area contributed by atoms with Crippen molar-refractivity contribution >= 4 is 27.8 Å². The smallest absolute Gasteiger partial charge is 0.341 e. The Labute approximate surface area is 144 Å². The lowest BCUT2D eigenvalue weighted by Gasteiger charge is -2.14. The van der Waals surface area contributed by atoms with E-state index in [0.717, 1.165) is 17.0 Å². The Morgan fingerprint density at radius 2 is 1.77 bits per heavy atom. The molecule has 128 valence electrons. The van der Waals surface area contributed by atoms with Crippen molar-refractivity contribution in [3.63, 3.8) is 0 Å². The lowest BCUT2D eigenvalue weighted by molar-refractivity contribution is 0.0695. The lowest BCUT2D eigenvalue weighted by atomic mass is 10.1. The molecule has 0 fully saturated rings. The summed E-state index contributed by atoms with van der Waals surface area (Å²) < 4.78 is 28.6. The molecule has 5 nitrogen and oxygen atoms in total. The van der Waals surface area contributed by atoms with Crippen LogP contribution < -0.4 is 5.43 Å². The summed E-state index contributed by atoms with van der Waals surface area (Å²) in [5.74, 6) is -4.15. The van der Waals surface area contributed by atoms with Gasteiger partial charge in [0.2, 0.25) is 5.43 Å². The molecule has 0 saturated heterocycles. The third kappa shape index (κ3) is 2.33. The molecule has 1 N–H and O–H groups in total. The molecule has 0 aliphatic carbocycles. The molecule has 0 aliphatic rings. The Bertz CT molecular complexity index is 1260. The summed E-state index contributed by atoms with van der Waals surface area (Å²) in [6.07, 6.45) is 1.08. The maximum absolute atomic E-state index is 13.7. The van der Waals surface area contributed by atoms with E-state index in [-0.39, 0.29) is 11.0 Å². The Balaban J connectivity index is 2.21. The van der Waals surface area contributed by atoms with Crippen molar-refractivity contribution in [3.8, 4) is 5.69 Å². The number of hydrogen-bond donors (Lipinski definition) is 1. The Kier molecular flexibility index (Phi) is 3.50. The molecule has 26 heavy (non-hydrogen) atoms. The number of nitrogens with zero attached hydrogens (tertiary/aromatic N) is 2. The van der Waals surface area contributed by atoms with Crippen LogP contribution >= 0.6 is 0 Å². The molecular formula is C19H10F2N2O3. The van der Waals surface area contributed by atoms with Crippen LogP contribution in [-0.2, 0) is 0 Å². The number of hydrogen-bond acceptors (Lipinski definition) is 3. The zero-order valence-electron chi connectivity index (χ0n) is 13.1. The first kappa shape index (κ1) is 15.9. The molecule has 4 rings (SSSR count). The standard InChI is InChI=1S/C19H10F2N2O3/c20-14-8-12-16(24)13(19(25)26)9-23(18(12)22-17(14)21)15-7-3-5-10-4-1-2-6-11(10)15/h1-9H,(H,25,26). The van der Waals surface area contributed by atoms with Crippen molar-refractivity contribution < 1.29 is 18.7 Å². The number of aromatic nitrogens is 2. The van der Waals surface area contributed by atoms with E-state index in [0.29, 0.717) is 11.8 Å². The fraction of sp³-hybridized carbons (Fsp3) is 0. The van der Waals surface area contributed by atoms with Crippen LogP contribution in [0.2, 0.25) is 0 Å². The predicted octanol–water partition coefficient (Wildman–Crippen LogP) is 3.52. The van der Waals surface area contributed by atoms with E-state index < -0.39 is 28.7 Å². The summed E-state index contributed by atoms with van der Waals surface area (Å²) in [5, 5.41) is 10.6. The molecule has 0 atom stereocenters. The van der Waals surface area contributed by atoms with Crippen molar-refractivity contribution in [3.05, 3.63) is 82.3 Å². The second-order valence-electron chi connectivity index (χ2n) is 5.68. The number of halogens is 2. The molecular weight excluding hydrogens is 342 g/mol. The van der Waals surface area contributed by atoms with Gasteiger partial charge in [-0.25, -0.2) is 9.18 Å². The van der Waals surface area contributed by atoms with Gasteiger partial charge in [0.05, 0.1) is 11.1 Å². The largest absolute Gasteiger partial charge is 0.477 e. The van der Waals surface area contributed by atoms with Gasteiger partial charge in [0.25, 0.3) is 5.95 Å². The second-order valence-corrected chi connectivity index (χ2v) is 5.68. The summed E-state index contributed by atoms with van der Waals surface area (Å²) in [4.78, 5) is 27.4. The van der Waals surface area contributed by atoms with Crippen LogP contribution in [0, 0.1) is 11.8 Å². The van der Waals surface area contributed by atoms with Crippen LogP contribution in [0.3, 0.4) is 0 Å². The van der Waals surface area contributed by atoms with Gasteiger partial charge in [-0.3, -0.25) is 9.36 Å². The number of aromatic carboxylic acids is 1. The number of carboxylic acid groups (broad SMARTS) is 1. The van der Waals surface area contributed by atoms with Crippen molar-refractivity contribution in [2.75, 3.05) is 0 Å². The van der Waals surface area contributed by atoms with E-state index in [4.69, 9.17) is 0 Å². The first-order chi connectivity index (χ1) is 12.5. The maximum Gasteiger partial charge on any atom is 0.341 e. The molecule has 0 unspecified atom stereocenters. The van der Waals surface area contributed by atoms with Gasteiger partial charge in [-0.2, -0.15) is 9.37 Å². The first-order valence-corrected chi connectivity index (χ1v) is 7.60. The van der Waals surface area contributed by atoms with Crippen molar-refractivity contribution in [1.29, 1.82) is 0 Å². The molecule has 0 aliphatic heterocycles. The van der Waals surface area contributed by atoms with Crippen LogP contribution in [0.1, 0.15) is 10.4 Å². The van der Waals surface area contributed by atoms with Gasteiger partial charge in [0.1, 0.15) is 5.56 Å². The van der Waals surface area contributed by atoms with Gasteiger partial charge >= 0.3 is 5.97 Å². The number of rotatable bonds is 2. The minimum atomic E-state index is -1.46. The monoisotopic (exact) mass is 352 g/mol. The number of pyridine rings is 2. The van der Waals surface area contributed by atoms with Crippen LogP contribution in [0.15, 0.2) is 59.5 Å². The number of fused-ring (bicyclic) bond motifs is 2. The molecule has 2 aromatic heterocycles. The topological polar surface area (TPSA) is 72.2 Å². The Hall–Kier alpha value is -3.61. The van der Waals surface area contributed by atoms with Crippen molar-refractivity contribution in [2.45, 2.75) is 0 Å². The van der Waals surface area contributed by atoms with Crippen LogP contribution in [0.5, 0.6) is 0 Å². The summed E-state index contributed by atoms with van der Waals surface area (Å²) in [5.41, 5.74) is -1.14. The van der Waals surface area contributed by atoms with E-state index in [1.165, 1.54) is 4.57 Å². The fourth-order valence-electron chi connectivity index (χ4n) is 2.96. The molecule has 0 bridgehead atoms. The van der Waals surface area contributed by atoms with Crippen LogP contribution in [0.4, 0.5) is 8.78 Å². The first-order valence-electron chi connectivity index (χ1n) is 7.60. The summed E-state index contributed by atoms with van der Waals surface area (Å²) >= 11 is 0. The fourth-order valence-corrected chi connectivity index (χ4v) is 2.96. The molecule has 2 aromatic carbocycles. The van der Waals surface area contributed by atoms with Gasteiger partial charge < -0.3 is 5.11 Å². The predicted molar refractivity (Wildman–Crippen MR) is 91.7 cm³/mol. The quantitative estimate of drug-likeness (QED) is 0.560. The van der Waals surface area contributed by atoms with Crippen LogP contribution in [-0.4, -0.2) is 20.6 Å². The second kappa shape index (κ2) is 5.73. The zero-order valence-corrected chi connectivity index (χ0v) is 13.1. The van der Waals surface area contributed by atoms with E-state index in [1.54, 1.807) is 24.3 Å². The van der Waals surface area contributed by atoms with Crippen molar-refractivity contribution in [2.24, 2.45) is 0 Å². The minimum Gasteiger partial charge on any atom is -0.477 e. The SMILES string of the molecule is O=C(O)c1cn(-c2cccc3ccccc23)c2nc(F)c(F)cc2c1=O. The van der Waals surface area contributed by atoms with E-state index in [2.05, 4.69) is 4.98 Å². The average molecular weight is 352 g/mol. The molecule has 0 amide bonds. The van der Waals surface area contributed by atoms with Gasteiger partial charge in [0.15, 0.2) is 11.5 Å². The molecule has 7 heteroatoms. The number of carbonyl (C=O) groups is 1. The molecule has 4 aromatic rings. The zero-order chi connectivity index (χ0) is 18.4. The highest BCUT2D eigenvalue weighted by molar-refractivity contribution is 5.95. The third-order valence-electron chi connectivity index (χ3n) is 4.15. The lowest BCUT2D eigenvalue weighted by Crippen LogP contribution is -2.19. The van der Waals surface area contributed by atoms with Gasteiger partial charge in [0, 0.05) is 11.6 Å².